The molecule has 1 amide bonds. The second-order valence-electron chi connectivity index (χ2n) is 5.80. The van der Waals surface area contributed by atoms with Crippen LogP contribution in [0.4, 0.5) is 36.3 Å². The monoisotopic (exact) mass is 453 g/mol. The number of hydrogen-bond donors (Lipinski definition) is 3. The van der Waals surface area contributed by atoms with Crippen LogP contribution < -0.4 is 16.2 Å². The van der Waals surface area contributed by atoms with E-state index < -0.39 is 39.1 Å². The molecule has 0 aliphatic carbocycles. The summed E-state index contributed by atoms with van der Waals surface area (Å²) in [6.07, 6.45) is -3.21. The van der Waals surface area contributed by atoms with Crippen LogP contribution in [-0.4, -0.2) is 25.8 Å². The second-order valence-corrected chi connectivity index (χ2v) is 6.21. The summed E-state index contributed by atoms with van der Waals surface area (Å²) in [6.45, 7) is 0. The van der Waals surface area contributed by atoms with Crippen LogP contribution >= 0.6 is 11.6 Å². The van der Waals surface area contributed by atoms with Gasteiger partial charge in [-0.05, 0) is 18.2 Å². The number of rotatable bonds is 6. The van der Waals surface area contributed by atoms with Gasteiger partial charge >= 0.3 is 11.9 Å². The van der Waals surface area contributed by atoms with Gasteiger partial charge in [0.15, 0.2) is 5.82 Å². The Labute approximate surface area is 176 Å². The molecule has 1 aromatic carbocycles. The van der Waals surface area contributed by atoms with Gasteiger partial charge in [-0.2, -0.15) is 13.2 Å². The zero-order valence-electron chi connectivity index (χ0n) is 15.1. The highest BCUT2D eigenvalue weighted by molar-refractivity contribution is 6.33. The van der Waals surface area contributed by atoms with Crippen LogP contribution in [0.2, 0.25) is 5.02 Å². The molecule has 2 heterocycles. The fraction of sp³-hybridized carbons (Fsp3) is 0.0588. The molecule has 0 bridgehead atoms. The lowest BCUT2D eigenvalue weighted by Crippen LogP contribution is -2.30. The molecular weight excluding hydrogens is 443 g/mol. The van der Waals surface area contributed by atoms with Crippen LogP contribution in [0.25, 0.3) is 0 Å². The summed E-state index contributed by atoms with van der Waals surface area (Å²) in [7, 11) is 0. The van der Waals surface area contributed by atoms with E-state index in [-0.39, 0.29) is 17.2 Å². The number of alkyl halides is 3. The first-order valence-electron chi connectivity index (χ1n) is 8.27. The quantitative estimate of drug-likeness (QED) is 0.377. The van der Waals surface area contributed by atoms with E-state index in [1.54, 1.807) is 18.2 Å². The Bertz CT molecular complexity index is 1130. The Balaban J connectivity index is 1.85. The summed E-state index contributed by atoms with van der Waals surface area (Å²) in [5.74, 6) is -1.67. The Morgan fingerprint density at radius 1 is 1.06 bits per heavy atom. The minimum Gasteiger partial charge on any atom is -0.318 e. The second kappa shape index (κ2) is 8.79. The number of nitro groups is 1. The van der Waals surface area contributed by atoms with E-state index in [4.69, 9.17) is 11.6 Å². The minimum absolute atomic E-state index is 0.283. The van der Waals surface area contributed by atoms with E-state index >= 15 is 0 Å². The fourth-order valence-electron chi connectivity index (χ4n) is 2.31. The maximum absolute atomic E-state index is 12.8. The zero-order valence-corrected chi connectivity index (χ0v) is 15.9. The molecule has 160 valence electrons. The van der Waals surface area contributed by atoms with Gasteiger partial charge in [0.1, 0.15) is 6.33 Å². The summed E-state index contributed by atoms with van der Waals surface area (Å²) in [6, 6.07) is 8.63. The van der Waals surface area contributed by atoms with Crippen molar-refractivity contribution in [2.24, 2.45) is 0 Å². The highest BCUT2D eigenvalue weighted by atomic mass is 35.5. The molecule has 0 atom stereocenters. The molecule has 0 aliphatic heterocycles. The molecule has 14 heteroatoms. The Kier molecular flexibility index (Phi) is 6.15. The molecule has 0 radical (unpaired) electrons. The molecule has 0 unspecified atom stereocenters. The average Bonchev–Trinajstić information content (AvgIpc) is 2.73. The highest BCUT2D eigenvalue weighted by Gasteiger charge is 2.32. The first-order chi connectivity index (χ1) is 14.7. The van der Waals surface area contributed by atoms with Crippen molar-refractivity contribution in [2.45, 2.75) is 6.18 Å². The van der Waals surface area contributed by atoms with Crippen molar-refractivity contribution in [3.8, 4) is 0 Å². The summed E-state index contributed by atoms with van der Waals surface area (Å²) in [4.78, 5) is 33.8. The molecule has 0 saturated heterocycles. The van der Waals surface area contributed by atoms with Crippen molar-refractivity contribution in [3.05, 3.63) is 75.2 Å². The lowest BCUT2D eigenvalue weighted by atomic mass is 10.2. The molecule has 0 saturated carbocycles. The number of hydrogen-bond acceptors (Lipinski definition) is 8. The number of carbonyl (C=O) groups excluding carboxylic acids is 1. The van der Waals surface area contributed by atoms with Gasteiger partial charge in [-0.3, -0.25) is 25.8 Å². The van der Waals surface area contributed by atoms with Gasteiger partial charge in [0.05, 0.1) is 15.5 Å². The van der Waals surface area contributed by atoms with Gasteiger partial charge in [-0.25, -0.2) is 15.0 Å². The Hall–Kier alpha value is -4.00. The van der Waals surface area contributed by atoms with Gasteiger partial charge in [0.25, 0.3) is 5.91 Å². The Morgan fingerprint density at radius 3 is 2.35 bits per heavy atom. The number of halogens is 4. The third-order valence-electron chi connectivity index (χ3n) is 3.74. The van der Waals surface area contributed by atoms with Crippen LogP contribution in [0, 0.1) is 10.1 Å². The molecule has 3 aromatic rings. The number of hydrazine groups is 1. The number of benzene rings is 1. The van der Waals surface area contributed by atoms with Crippen molar-refractivity contribution in [3.63, 3.8) is 0 Å². The van der Waals surface area contributed by atoms with E-state index in [2.05, 4.69) is 31.1 Å². The van der Waals surface area contributed by atoms with Crippen LogP contribution in [0.15, 0.2) is 48.9 Å². The smallest absolute Gasteiger partial charge is 0.318 e. The predicted octanol–water partition coefficient (Wildman–Crippen LogP) is 3.95. The molecule has 0 fully saturated rings. The van der Waals surface area contributed by atoms with Gasteiger partial charge in [0, 0.05) is 11.8 Å². The number of amides is 1. The van der Waals surface area contributed by atoms with E-state index in [1.807, 2.05) is 0 Å². The lowest BCUT2D eigenvalue weighted by Gasteiger charge is -2.12. The van der Waals surface area contributed by atoms with Crippen LogP contribution in [-0.2, 0) is 6.18 Å². The van der Waals surface area contributed by atoms with E-state index in [1.165, 1.54) is 12.1 Å². The van der Waals surface area contributed by atoms with Gasteiger partial charge in [-0.15, -0.1) is 0 Å². The number of nitrogens with zero attached hydrogens (tertiary/aromatic N) is 4. The summed E-state index contributed by atoms with van der Waals surface area (Å²) < 4.78 is 38.3. The molecule has 2 aromatic heterocycles. The largest absolute Gasteiger partial charge is 0.417 e. The first kappa shape index (κ1) is 21.7. The number of pyridine rings is 1. The number of aromatic nitrogens is 3. The SMILES string of the molecule is O=C(NNc1ncnc(Nc2ncc(C(F)(F)F)cc2Cl)c1[N+](=O)[O-])c1ccccc1. The van der Waals surface area contributed by atoms with Crippen molar-refractivity contribution in [2.75, 3.05) is 10.7 Å². The number of anilines is 3. The van der Waals surface area contributed by atoms with Gasteiger partial charge in [0.2, 0.25) is 11.6 Å². The third-order valence-corrected chi connectivity index (χ3v) is 4.03. The summed E-state index contributed by atoms with van der Waals surface area (Å²) in [5, 5.41) is 13.5. The summed E-state index contributed by atoms with van der Waals surface area (Å²) >= 11 is 5.82. The third kappa shape index (κ3) is 5.14. The van der Waals surface area contributed by atoms with Crippen molar-refractivity contribution >= 4 is 40.6 Å². The normalized spacial score (nSPS) is 11.0. The highest BCUT2D eigenvalue weighted by Crippen LogP contribution is 2.35. The first-order valence-corrected chi connectivity index (χ1v) is 8.65. The number of nitrogens with one attached hydrogen (secondary N) is 3. The van der Waals surface area contributed by atoms with E-state index in [0.29, 0.717) is 12.3 Å². The van der Waals surface area contributed by atoms with Crippen molar-refractivity contribution < 1.29 is 22.9 Å². The molecule has 3 N–H and O–H groups in total. The zero-order chi connectivity index (χ0) is 22.6. The fourth-order valence-corrected chi connectivity index (χ4v) is 2.52. The molecule has 0 aliphatic rings. The van der Waals surface area contributed by atoms with E-state index in [0.717, 1.165) is 6.33 Å². The molecule has 31 heavy (non-hydrogen) atoms. The topological polar surface area (TPSA) is 135 Å². The average molecular weight is 454 g/mol. The minimum atomic E-state index is -4.66. The Morgan fingerprint density at radius 2 is 1.74 bits per heavy atom. The molecule has 10 nitrogen and oxygen atoms in total. The molecule has 0 spiro atoms. The van der Waals surface area contributed by atoms with Gasteiger partial charge < -0.3 is 5.32 Å². The standard InChI is InChI=1S/C17H11ClF3N7O3/c18-11-6-10(17(19,20)21)7-22-13(11)25-14-12(28(30)31)15(24-8-23-14)26-27-16(29)9-4-2-1-3-5-9/h1-8H,(H,27,29)(H2,22,23,24,25,26). The maximum atomic E-state index is 12.8. The maximum Gasteiger partial charge on any atom is 0.417 e. The van der Waals surface area contributed by atoms with E-state index in [9.17, 15) is 28.1 Å². The van der Waals surface area contributed by atoms with Crippen LogP contribution in [0.5, 0.6) is 0 Å². The summed E-state index contributed by atoms with van der Waals surface area (Å²) in [5.41, 5.74) is 3.08. The van der Waals surface area contributed by atoms with Gasteiger partial charge in [-0.1, -0.05) is 29.8 Å². The predicted molar refractivity (Wildman–Crippen MR) is 104 cm³/mol. The number of carbonyl (C=O) groups is 1. The molecule has 3 rings (SSSR count). The van der Waals surface area contributed by atoms with Crippen LogP contribution in [0.1, 0.15) is 15.9 Å². The lowest BCUT2D eigenvalue weighted by molar-refractivity contribution is -0.383. The van der Waals surface area contributed by atoms with Crippen molar-refractivity contribution in [1.82, 2.24) is 20.4 Å². The molecular formula is C17H11ClF3N7O3. The van der Waals surface area contributed by atoms with Crippen molar-refractivity contribution in [1.29, 1.82) is 0 Å². The van der Waals surface area contributed by atoms with Crippen LogP contribution in [0.3, 0.4) is 0 Å².